The van der Waals surface area contributed by atoms with Crippen molar-refractivity contribution in [3.63, 3.8) is 0 Å². The van der Waals surface area contributed by atoms with Gasteiger partial charge in [-0.15, -0.1) is 0 Å². The first-order valence-electron chi connectivity index (χ1n) is 5.98. The summed E-state index contributed by atoms with van der Waals surface area (Å²) >= 11 is 0. The third-order valence-electron chi connectivity index (χ3n) is 2.91. The number of amides is 1. The molecule has 5 atom stereocenters. The lowest BCUT2D eigenvalue weighted by atomic mass is 9.94. The van der Waals surface area contributed by atoms with E-state index in [1.165, 1.54) is 0 Å². The predicted octanol–water partition coefficient (Wildman–Crippen LogP) is -4.09. The first kappa shape index (κ1) is 17.3. The summed E-state index contributed by atoms with van der Waals surface area (Å²) < 4.78 is 4.95. The highest BCUT2D eigenvalue weighted by Gasteiger charge is 2.43. The number of rotatable bonds is 6. The fourth-order valence-electron chi connectivity index (χ4n) is 1.84. The number of ether oxygens (including phenoxy) is 1. The maximum atomic E-state index is 11.2. The molecule has 0 bridgehead atoms. The predicted molar refractivity (Wildman–Crippen MR) is 64.7 cm³/mol. The summed E-state index contributed by atoms with van der Waals surface area (Å²) in [6.07, 6.45) is -5.72. The van der Waals surface area contributed by atoms with Gasteiger partial charge in [-0.3, -0.25) is 4.79 Å². The normalized spacial score (nSPS) is 28.0. The van der Waals surface area contributed by atoms with E-state index in [-0.39, 0.29) is 0 Å². The number of carboxylic acid groups (broad SMARTS) is 1. The van der Waals surface area contributed by atoms with Crippen LogP contribution in [0.25, 0.3) is 0 Å². The molecule has 0 radical (unpaired) electrons. The van der Waals surface area contributed by atoms with Crippen LogP contribution in [0.15, 0.2) is 11.8 Å². The zero-order valence-corrected chi connectivity index (χ0v) is 10.8. The Kier molecular flexibility index (Phi) is 6.05. The highest BCUT2D eigenvalue weighted by molar-refractivity contribution is 5.84. The highest BCUT2D eigenvalue weighted by Crippen LogP contribution is 2.22. The van der Waals surface area contributed by atoms with Crippen molar-refractivity contribution in [1.29, 1.82) is 0 Å². The van der Waals surface area contributed by atoms with Gasteiger partial charge in [-0.05, 0) is 6.08 Å². The second kappa shape index (κ2) is 7.33. The molecule has 0 fully saturated rings. The van der Waals surface area contributed by atoms with Gasteiger partial charge >= 0.3 is 5.97 Å². The Morgan fingerprint density at radius 2 is 1.95 bits per heavy atom. The smallest absolute Gasteiger partial charge is 0.370 e. The van der Waals surface area contributed by atoms with Crippen LogP contribution < -0.4 is 5.32 Å². The van der Waals surface area contributed by atoms with E-state index in [1.54, 1.807) is 0 Å². The van der Waals surface area contributed by atoms with Crippen LogP contribution in [0.2, 0.25) is 0 Å². The Morgan fingerprint density at radius 1 is 1.33 bits per heavy atom. The van der Waals surface area contributed by atoms with Crippen molar-refractivity contribution < 1.29 is 45.0 Å². The van der Waals surface area contributed by atoms with Crippen molar-refractivity contribution in [2.75, 3.05) is 13.2 Å². The van der Waals surface area contributed by atoms with Crippen molar-refractivity contribution in [3.8, 4) is 0 Å². The molecule has 10 heteroatoms. The largest absolute Gasteiger partial charge is 0.478 e. The average Bonchev–Trinajstić information content (AvgIpc) is 2.46. The minimum absolute atomic E-state index is 0.675. The summed E-state index contributed by atoms with van der Waals surface area (Å²) in [6, 6.07) is -1.32. The van der Waals surface area contributed by atoms with Gasteiger partial charge < -0.3 is 40.7 Å². The van der Waals surface area contributed by atoms with E-state index in [2.05, 4.69) is 5.32 Å². The zero-order valence-electron chi connectivity index (χ0n) is 10.8. The number of carboxylic acids is 1. The number of carbonyl (C=O) groups is 2. The van der Waals surface area contributed by atoms with Gasteiger partial charge in [0.15, 0.2) is 6.10 Å². The molecule has 10 nitrogen and oxygen atoms in total. The van der Waals surface area contributed by atoms with Crippen LogP contribution in [0.3, 0.4) is 0 Å². The van der Waals surface area contributed by atoms with E-state index in [1.807, 2.05) is 0 Å². The van der Waals surface area contributed by atoms with E-state index < -0.39 is 61.3 Å². The molecular formula is C11H17NO9. The standard InChI is InChI=1S/C11H17NO9/c13-2-5(16)9(18)10-8(12-7(17)3-14)4(15)1-6(21-10)11(19)20/h1,4-5,8-10,13-16,18H,2-3H2,(H,12,17)(H,19,20)/t4-,5+,8+,9+,10+/m0/s1. The summed E-state index contributed by atoms with van der Waals surface area (Å²) in [4.78, 5) is 22.1. The Bertz CT molecular complexity index is 424. The number of aliphatic hydroxyl groups excluding tert-OH is 5. The third kappa shape index (κ3) is 4.12. The summed E-state index contributed by atoms with van der Waals surface area (Å²) in [5.41, 5.74) is 0. The van der Waals surface area contributed by atoms with E-state index in [9.17, 15) is 24.9 Å². The van der Waals surface area contributed by atoms with Crippen molar-refractivity contribution >= 4 is 11.9 Å². The molecule has 0 saturated heterocycles. The van der Waals surface area contributed by atoms with Crippen LogP contribution in [-0.4, -0.2) is 86.2 Å². The molecule has 1 aliphatic rings. The number of hydrogen-bond acceptors (Lipinski definition) is 8. The molecule has 1 heterocycles. The minimum Gasteiger partial charge on any atom is -0.478 e. The summed E-state index contributed by atoms with van der Waals surface area (Å²) in [6.45, 7) is -1.74. The van der Waals surface area contributed by atoms with Gasteiger partial charge in [-0.1, -0.05) is 0 Å². The van der Waals surface area contributed by atoms with Crippen LogP contribution in [-0.2, 0) is 14.3 Å². The molecule has 0 aromatic heterocycles. The van der Waals surface area contributed by atoms with Crippen molar-refractivity contribution in [3.05, 3.63) is 11.8 Å². The highest BCUT2D eigenvalue weighted by atomic mass is 16.5. The molecule has 7 N–H and O–H groups in total. The average molecular weight is 307 g/mol. The van der Waals surface area contributed by atoms with Gasteiger partial charge in [-0.25, -0.2) is 4.79 Å². The minimum atomic E-state index is -1.78. The Morgan fingerprint density at radius 3 is 2.43 bits per heavy atom. The third-order valence-corrected chi connectivity index (χ3v) is 2.91. The van der Waals surface area contributed by atoms with E-state index in [0.717, 1.165) is 6.08 Å². The van der Waals surface area contributed by atoms with E-state index >= 15 is 0 Å². The Balaban J connectivity index is 3.04. The van der Waals surface area contributed by atoms with Crippen LogP contribution in [0, 0.1) is 0 Å². The number of hydrogen-bond donors (Lipinski definition) is 7. The monoisotopic (exact) mass is 307 g/mol. The van der Waals surface area contributed by atoms with Crippen LogP contribution >= 0.6 is 0 Å². The number of nitrogens with one attached hydrogen (secondary N) is 1. The number of aliphatic carboxylic acids is 1. The van der Waals surface area contributed by atoms with Gasteiger partial charge in [0, 0.05) is 0 Å². The van der Waals surface area contributed by atoms with Crippen molar-refractivity contribution in [1.82, 2.24) is 5.32 Å². The molecule has 0 unspecified atom stereocenters. The Hall–Kier alpha value is -1.72. The van der Waals surface area contributed by atoms with Gasteiger partial charge in [-0.2, -0.15) is 0 Å². The Labute approximate surface area is 118 Å². The molecule has 0 saturated carbocycles. The summed E-state index contributed by atoms with van der Waals surface area (Å²) in [7, 11) is 0. The molecule has 0 aliphatic carbocycles. The summed E-state index contributed by atoms with van der Waals surface area (Å²) in [5.74, 6) is -3.09. The lowest BCUT2D eigenvalue weighted by Crippen LogP contribution is -2.60. The number of carbonyl (C=O) groups excluding carboxylic acids is 1. The van der Waals surface area contributed by atoms with Crippen LogP contribution in [0.1, 0.15) is 0 Å². The van der Waals surface area contributed by atoms with Gasteiger partial charge in [0.1, 0.15) is 24.9 Å². The quantitative estimate of drug-likeness (QED) is 0.257. The molecule has 1 amide bonds. The van der Waals surface area contributed by atoms with Crippen molar-refractivity contribution in [2.45, 2.75) is 30.5 Å². The lowest BCUT2D eigenvalue weighted by Gasteiger charge is -2.38. The first-order valence-corrected chi connectivity index (χ1v) is 5.98. The maximum Gasteiger partial charge on any atom is 0.370 e. The van der Waals surface area contributed by atoms with Crippen LogP contribution in [0.5, 0.6) is 0 Å². The first-order chi connectivity index (χ1) is 9.81. The second-order valence-corrected chi connectivity index (χ2v) is 4.40. The molecule has 120 valence electrons. The molecule has 1 rings (SSSR count). The summed E-state index contributed by atoms with van der Waals surface area (Å²) in [5, 5.41) is 57.5. The molecule has 0 aromatic rings. The van der Waals surface area contributed by atoms with E-state index in [0.29, 0.717) is 0 Å². The molecule has 21 heavy (non-hydrogen) atoms. The van der Waals surface area contributed by atoms with Gasteiger partial charge in [0.25, 0.3) is 0 Å². The lowest BCUT2D eigenvalue weighted by molar-refractivity contribution is -0.150. The fraction of sp³-hybridized carbons (Fsp3) is 0.636. The second-order valence-electron chi connectivity index (χ2n) is 4.40. The zero-order chi connectivity index (χ0) is 16.2. The molecule has 0 aromatic carbocycles. The molecule has 0 spiro atoms. The fourth-order valence-corrected chi connectivity index (χ4v) is 1.84. The molecular weight excluding hydrogens is 290 g/mol. The van der Waals surface area contributed by atoms with E-state index in [4.69, 9.17) is 20.1 Å². The van der Waals surface area contributed by atoms with Crippen molar-refractivity contribution in [2.24, 2.45) is 0 Å². The van der Waals surface area contributed by atoms with Gasteiger partial charge in [0.2, 0.25) is 11.7 Å². The maximum absolute atomic E-state index is 11.2. The van der Waals surface area contributed by atoms with Gasteiger partial charge in [0.05, 0.1) is 12.6 Å². The topological polar surface area (TPSA) is 177 Å². The number of aliphatic hydroxyl groups is 5. The SMILES string of the molecule is O=C(CO)N[C@H]1[C@H]([C@H](O)[C@H](O)CO)OC(C(=O)O)=C[C@@H]1O. The molecule has 1 aliphatic heterocycles. The van der Waals surface area contributed by atoms with Crippen LogP contribution in [0.4, 0.5) is 0 Å².